The lowest BCUT2D eigenvalue weighted by atomic mass is 10.2. The van der Waals surface area contributed by atoms with Crippen LogP contribution in [-0.4, -0.2) is 33.6 Å². The predicted molar refractivity (Wildman–Crippen MR) is 143 cm³/mol. The fraction of sp³-hybridized carbons (Fsp3) is 0.115. The van der Waals surface area contributed by atoms with E-state index in [1.54, 1.807) is 23.1 Å². The van der Waals surface area contributed by atoms with Crippen LogP contribution in [0.15, 0.2) is 81.1 Å². The molecule has 0 radical (unpaired) electrons. The standard InChI is InChI=1S/C26H20BrClN2O4S/c1-2-30-24(31)23(35-26(30)29-19-8-5-7-17(14-19)25(32)33)13-16-10-11-22(20(27)12-16)34-15-18-6-3-4-9-21(18)28/h3-14H,2,15H2,1H3,(H,32,33)/b23-13+,29-26?. The Morgan fingerprint density at radius 3 is 2.69 bits per heavy atom. The highest BCUT2D eigenvalue weighted by atomic mass is 79.9. The van der Waals surface area contributed by atoms with Crippen molar-refractivity contribution in [1.29, 1.82) is 0 Å². The fourth-order valence-corrected chi connectivity index (χ4v) is 5.10. The molecular formula is C26H20BrClN2O4S. The third-order valence-corrected chi connectivity index (χ3v) is 7.11. The van der Waals surface area contributed by atoms with Gasteiger partial charge in [0.15, 0.2) is 5.17 Å². The summed E-state index contributed by atoms with van der Waals surface area (Å²) in [6.45, 7) is 2.65. The van der Waals surface area contributed by atoms with E-state index in [1.807, 2.05) is 49.4 Å². The third kappa shape index (κ3) is 5.96. The number of likely N-dealkylation sites (N-methyl/N-ethyl adjacent to an activating group) is 1. The second kappa shape index (κ2) is 11.1. The van der Waals surface area contributed by atoms with Gasteiger partial charge in [0, 0.05) is 17.1 Å². The normalized spacial score (nSPS) is 15.7. The molecule has 3 aromatic rings. The molecular weight excluding hydrogens is 552 g/mol. The average Bonchev–Trinajstić information content (AvgIpc) is 3.13. The van der Waals surface area contributed by atoms with E-state index in [1.165, 1.54) is 23.9 Å². The first-order chi connectivity index (χ1) is 16.9. The lowest BCUT2D eigenvalue weighted by Gasteiger charge is -2.12. The molecule has 9 heteroatoms. The van der Waals surface area contributed by atoms with Crippen molar-refractivity contribution >= 4 is 68.1 Å². The summed E-state index contributed by atoms with van der Waals surface area (Å²) >= 11 is 11.0. The molecule has 1 fully saturated rings. The van der Waals surface area contributed by atoms with Crippen molar-refractivity contribution in [2.24, 2.45) is 4.99 Å². The first kappa shape index (κ1) is 25.0. The molecule has 4 rings (SSSR count). The van der Waals surface area contributed by atoms with Crippen molar-refractivity contribution < 1.29 is 19.4 Å². The van der Waals surface area contributed by atoms with Gasteiger partial charge < -0.3 is 9.84 Å². The highest BCUT2D eigenvalue weighted by Gasteiger charge is 2.32. The fourth-order valence-electron chi connectivity index (χ4n) is 3.34. The van der Waals surface area contributed by atoms with Crippen molar-refractivity contribution in [3.05, 3.63) is 97.8 Å². The van der Waals surface area contributed by atoms with E-state index in [4.69, 9.17) is 16.3 Å². The van der Waals surface area contributed by atoms with E-state index in [-0.39, 0.29) is 11.5 Å². The van der Waals surface area contributed by atoms with Crippen LogP contribution in [0.5, 0.6) is 5.75 Å². The maximum atomic E-state index is 13.0. The van der Waals surface area contributed by atoms with Gasteiger partial charge in [-0.2, -0.15) is 0 Å². The summed E-state index contributed by atoms with van der Waals surface area (Å²) in [5.41, 5.74) is 2.33. The van der Waals surface area contributed by atoms with E-state index in [2.05, 4.69) is 20.9 Å². The minimum Gasteiger partial charge on any atom is -0.488 e. The molecule has 1 heterocycles. The number of halogens is 2. The number of aromatic carboxylic acids is 1. The zero-order valence-electron chi connectivity index (χ0n) is 18.6. The quantitative estimate of drug-likeness (QED) is 0.309. The summed E-state index contributed by atoms with van der Waals surface area (Å²) in [7, 11) is 0. The van der Waals surface area contributed by atoms with E-state index in [0.717, 1.165) is 15.6 Å². The van der Waals surface area contributed by atoms with Crippen LogP contribution >= 0.6 is 39.3 Å². The molecule has 0 spiro atoms. The number of benzene rings is 3. The lowest BCUT2D eigenvalue weighted by Crippen LogP contribution is -2.28. The van der Waals surface area contributed by atoms with E-state index in [9.17, 15) is 14.7 Å². The van der Waals surface area contributed by atoms with Crippen LogP contribution in [0.3, 0.4) is 0 Å². The molecule has 0 aromatic heterocycles. The minimum atomic E-state index is -1.03. The molecule has 1 saturated heterocycles. The number of nitrogens with zero attached hydrogens (tertiary/aromatic N) is 2. The van der Waals surface area contributed by atoms with Crippen molar-refractivity contribution in [3.63, 3.8) is 0 Å². The number of ether oxygens (including phenoxy) is 1. The Bertz CT molecular complexity index is 1360. The lowest BCUT2D eigenvalue weighted by molar-refractivity contribution is -0.122. The van der Waals surface area contributed by atoms with Gasteiger partial charge in [-0.05, 0) is 82.7 Å². The molecule has 0 aliphatic carbocycles. The Morgan fingerprint density at radius 1 is 1.17 bits per heavy atom. The Hall–Kier alpha value is -3.07. The maximum Gasteiger partial charge on any atom is 0.335 e. The highest BCUT2D eigenvalue weighted by molar-refractivity contribution is 9.10. The van der Waals surface area contributed by atoms with Crippen molar-refractivity contribution in [3.8, 4) is 5.75 Å². The van der Waals surface area contributed by atoms with Crippen molar-refractivity contribution in [2.45, 2.75) is 13.5 Å². The molecule has 1 aliphatic heterocycles. The van der Waals surface area contributed by atoms with Gasteiger partial charge >= 0.3 is 5.97 Å². The van der Waals surface area contributed by atoms with Gasteiger partial charge in [0.1, 0.15) is 12.4 Å². The van der Waals surface area contributed by atoms with Gasteiger partial charge in [0.2, 0.25) is 0 Å². The predicted octanol–water partition coefficient (Wildman–Crippen LogP) is 7.00. The number of carbonyl (C=O) groups is 2. The molecule has 1 N–H and O–H groups in total. The minimum absolute atomic E-state index is 0.140. The molecule has 0 saturated carbocycles. The van der Waals surface area contributed by atoms with Gasteiger partial charge in [-0.3, -0.25) is 9.69 Å². The Morgan fingerprint density at radius 2 is 1.97 bits per heavy atom. The summed E-state index contributed by atoms with van der Waals surface area (Å²) < 4.78 is 6.65. The van der Waals surface area contributed by atoms with Gasteiger partial charge in [-0.25, -0.2) is 9.79 Å². The van der Waals surface area contributed by atoms with E-state index >= 15 is 0 Å². The number of amides is 1. The van der Waals surface area contributed by atoms with Crippen LogP contribution in [-0.2, 0) is 11.4 Å². The van der Waals surface area contributed by atoms with Crippen LogP contribution in [0.1, 0.15) is 28.4 Å². The summed E-state index contributed by atoms with van der Waals surface area (Å²) in [4.78, 5) is 30.8. The van der Waals surface area contributed by atoms with E-state index < -0.39 is 5.97 Å². The van der Waals surface area contributed by atoms with Crippen molar-refractivity contribution in [1.82, 2.24) is 4.90 Å². The smallest absolute Gasteiger partial charge is 0.335 e. The second-order valence-electron chi connectivity index (χ2n) is 7.48. The monoisotopic (exact) mass is 570 g/mol. The Labute approximate surface area is 220 Å². The molecule has 0 bridgehead atoms. The maximum absolute atomic E-state index is 13.0. The molecule has 35 heavy (non-hydrogen) atoms. The number of amidine groups is 1. The van der Waals surface area contributed by atoms with Crippen LogP contribution in [0, 0.1) is 0 Å². The molecule has 1 amide bonds. The number of hydrogen-bond acceptors (Lipinski definition) is 5. The van der Waals surface area contributed by atoms with Crippen molar-refractivity contribution in [2.75, 3.05) is 6.54 Å². The SMILES string of the molecule is CCN1C(=O)/C(=C\c2ccc(OCc3ccccc3Cl)c(Br)c2)SC1=Nc1cccc(C(=O)O)c1. The molecule has 6 nitrogen and oxygen atoms in total. The van der Waals surface area contributed by atoms with Gasteiger partial charge in [-0.15, -0.1) is 0 Å². The summed E-state index contributed by atoms with van der Waals surface area (Å²) in [5.74, 6) is -0.519. The number of thioether (sulfide) groups is 1. The van der Waals surface area contributed by atoms with Gasteiger partial charge in [0.05, 0.1) is 20.6 Å². The average molecular weight is 572 g/mol. The largest absolute Gasteiger partial charge is 0.488 e. The third-order valence-electron chi connectivity index (χ3n) is 5.12. The number of carboxylic acids is 1. The number of aliphatic imine (C=N–C) groups is 1. The van der Waals surface area contributed by atoms with Crippen LogP contribution in [0.4, 0.5) is 5.69 Å². The summed E-state index contributed by atoms with van der Waals surface area (Å²) in [5, 5.41) is 10.4. The number of hydrogen-bond donors (Lipinski definition) is 1. The summed E-state index contributed by atoms with van der Waals surface area (Å²) in [6, 6.07) is 19.4. The van der Waals surface area contributed by atoms with Gasteiger partial charge in [0.25, 0.3) is 5.91 Å². The first-order valence-electron chi connectivity index (χ1n) is 10.6. The molecule has 178 valence electrons. The second-order valence-corrected chi connectivity index (χ2v) is 9.75. The topological polar surface area (TPSA) is 79.2 Å². The van der Waals surface area contributed by atoms with E-state index in [0.29, 0.717) is 39.7 Å². The first-order valence-corrected chi connectivity index (χ1v) is 12.6. The summed E-state index contributed by atoms with van der Waals surface area (Å²) in [6.07, 6.45) is 1.80. The van der Waals surface area contributed by atoms with Crippen LogP contribution in [0.2, 0.25) is 5.02 Å². The molecule has 1 aliphatic rings. The number of rotatable bonds is 7. The Balaban J connectivity index is 1.53. The van der Waals surface area contributed by atoms with Crippen LogP contribution < -0.4 is 4.74 Å². The van der Waals surface area contributed by atoms with Gasteiger partial charge in [-0.1, -0.05) is 41.9 Å². The van der Waals surface area contributed by atoms with Crippen LogP contribution in [0.25, 0.3) is 6.08 Å². The number of carbonyl (C=O) groups excluding carboxylic acids is 1. The number of carboxylic acid groups (broad SMARTS) is 1. The molecule has 0 unspecified atom stereocenters. The molecule has 0 atom stereocenters. The zero-order valence-corrected chi connectivity index (χ0v) is 21.7. The Kier molecular flexibility index (Phi) is 7.95. The zero-order chi connectivity index (χ0) is 24.9. The molecule has 3 aromatic carbocycles. The highest BCUT2D eigenvalue weighted by Crippen LogP contribution is 2.35.